The Bertz CT molecular complexity index is 756. The molecule has 1 aliphatic rings. The predicted octanol–water partition coefficient (Wildman–Crippen LogP) is 6.73. The number of nitrogens with zero attached hydrogens (tertiary/aromatic N) is 4. The monoisotopic (exact) mass is 392 g/mol. The zero-order valence-corrected chi connectivity index (χ0v) is 19.3. The van der Waals surface area contributed by atoms with Gasteiger partial charge in [0.1, 0.15) is 0 Å². The summed E-state index contributed by atoms with van der Waals surface area (Å²) in [5.41, 5.74) is 7.87. The molecule has 2 aromatic rings. The molecule has 0 spiro atoms. The van der Waals surface area contributed by atoms with Crippen molar-refractivity contribution < 1.29 is 0 Å². The van der Waals surface area contributed by atoms with Gasteiger partial charge in [-0.15, -0.1) is 0 Å². The SMILES string of the molecule is CC(C)c1cncc(C(C)C)c1N1C=CN(c2c(C(C)C)cncc2C(C)C)C1. The summed E-state index contributed by atoms with van der Waals surface area (Å²) in [6, 6.07) is 0. The van der Waals surface area contributed by atoms with E-state index in [1.54, 1.807) is 0 Å². The summed E-state index contributed by atoms with van der Waals surface area (Å²) < 4.78 is 0. The van der Waals surface area contributed by atoms with Crippen LogP contribution >= 0.6 is 0 Å². The minimum atomic E-state index is 0.428. The van der Waals surface area contributed by atoms with Crippen molar-refractivity contribution in [3.8, 4) is 0 Å². The van der Waals surface area contributed by atoms with E-state index in [1.807, 2.05) is 24.8 Å². The molecule has 0 saturated carbocycles. The van der Waals surface area contributed by atoms with Crippen molar-refractivity contribution in [1.82, 2.24) is 9.97 Å². The summed E-state index contributed by atoms with van der Waals surface area (Å²) in [6.07, 6.45) is 12.6. The Morgan fingerprint density at radius 2 is 0.828 bits per heavy atom. The van der Waals surface area contributed by atoms with Gasteiger partial charge in [-0.2, -0.15) is 0 Å². The molecule has 3 heterocycles. The molecule has 0 aromatic carbocycles. The number of aromatic nitrogens is 2. The number of hydrogen-bond donors (Lipinski definition) is 0. The van der Waals surface area contributed by atoms with Gasteiger partial charge in [-0.25, -0.2) is 0 Å². The third kappa shape index (κ3) is 4.17. The van der Waals surface area contributed by atoms with Gasteiger partial charge in [-0.3, -0.25) is 9.97 Å². The van der Waals surface area contributed by atoms with Crippen LogP contribution in [0.1, 0.15) is 101 Å². The van der Waals surface area contributed by atoms with E-state index in [-0.39, 0.29) is 0 Å². The van der Waals surface area contributed by atoms with Gasteiger partial charge in [0.2, 0.25) is 0 Å². The number of pyridine rings is 2. The lowest BCUT2D eigenvalue weighted by Crippen LogP contribution is -2.28. The van der Waals surface area contributed by atoms with Gasteiger partial charge < -0.3 is 9.80 Å². The Kier molecular flexibility index (Phi) is 6.30. The van der Waals surface area contributed by atoms with Gasteiger partial charge in [0.05, 0.1) is 18.0 Å². The molecule has 4 nitrogen and oxygen atoms in total. The minimum Gasteiger partial charge on any atom is -0.327 e. The predicted molar refractivity (Wildman–Crippen MR) is 124 cm³/mol. The largest absolute Gasteiger partial charge is 0.327 e. The molecular formula is C25H36N4. The summed E-state index contributed by atoms with van der Waals surface area (Å²) in [4.78, 5) is 13.9. The zero-order chi connectivity index (χ0) is 21.3. The number of rotatable bonds is 6. The van der Waals surface area contributed by atoms with E-state index in [0.717, 1.165) is 6.67 Å². The fourth-order valence-corrected chi connectivity index (χ4v) is 4.04. The lowest BCUT2D eigenvalue weighted by atomic mass is 9.94. The number of anilines is 2. The highest BCUT2D eigenvalue weighted by Gasteiger charge is 2.26. The summed E-state index contributed by atoms with van der Waals surface area (Å²) in [6.45, 7) is 18.8. The third-order valence-electron chi connectivity index (χ3n) is 5.74. The Morgan fingerprint density at radius 3 is 1.07 bits per heavy atom. The van der Waals surface area contributed by atoms with Crippen LogP contribution < -0.4 is 9.80 Å². The van der Waals surface area contributed by atoms with E-state index in [1.165, 1.54) is 33.6 Å². The van der Waals surface area contributed by atoms with Crippen molar-refractivity contribution in [2.24, 2.45) is 0 Å². The van der Waals surface area contributed by atoms with Gasteiger partial charge in [-0.05, 0) is 45.9 Å². The van der Waals surface area contributed by atoms with E-state index in [2.05, 4.69) is 87.6 Å². The molecule has 0 atom stereocenters. The van der Waals surface area contributed by atoms with Crippen LogP contribution in [0.5, 0.6) is 0 Å². The second kappa shape index (κ2) is 8.56. The average molecular weight is 393 g/mol. The highest BCUT2D eigenvalue weighted by Crippen LogP contribution is 2.40. The molecule has 4 heteroatoms. The van der Waals surface area contributed by atoms with Crippen molar-refractivity contribution in [3.63, 3.8) is 0 Å². The van der Waals surface area contributed by atoms with Crippen LogP contribution in [-0.2, 0) is 0 Å². The average Bonchev–Trinajstić information content (AvgIpc) is 3.15. The standard InChI is InChI=1S/C25H36N4/c1-16(2)20-11-26-12-21(17(3)4)24(20)28-9-10-29(15-28)25-22(18(5)6)13-27-14-23(25)19(7)8/h9-14,16-19H,15H2,1-8H3. The first-order valence-electron chi connectivity index (χ1n) is 10.9. The smallest absolute Gasteiger partial charge is 0.0989 e. The van der Waals surface area contributed by atoms with Gasteiger partial charge in [-0.1, -0.05) is 55.4 Å². The molecule has 0 bridgehead atoms. The molecule has 0 unspecified atom stereocenters. The van der Waals surface area contributed by atoms with Crippen LogP contribution in [0.4, 0.5) is 11.4 Å². The number of hydrogen-bond acceptors (Lipinski definition) is 4. The van der Waals surface area contributed by atoms with Crippen LogP contribution in [0.15, 0.2) is 37.2 Å². The molecule has 156 valence electrons. The third-order valence-corrected chi connectivity index (χ3v) is 5.74. The van der Waals surface area contributed by atoms with Crippen molar-refractivity contribution in [1.29, 1.82) is 0 Å². The maximum Gasteiger partial charge on any atom is 0.0989 e. The highest BCUT2D eigenvalue weighted by molar-refractivity contribution is 5.69. The van der Waals surface area contributed by atoms with Gasteiger partial charge in [0.25, 0.3) is 0 Å². The molecule has 0 radical (unpaired) electrons. The first-order chi connectivity index (χ1) is 13.7. The molecule has 0 N–H and O–H groups in total. The van der Waals surface area contributed by atoms with Gasteiger partial charge in [0, 0.05) is 37.2 Å². The van der Waals surface area contributed by atoms with E-state index < -0.39 is 0 Å². The molecule has 0 amide bonds. The Hall–Kier alpha value is -2.36. The molecule has 0 aliphatic carbocycles. The van der Waals surface area contributed by atoms with Crippen molar-refractivity contribution in [3.05, 3.63) is 59.4 Å². The van der Waals surface area contributed by atoms with Crippen LogP contribution in [0.3, 0.4) is 0 Å². The molecule has 2 aromatic heterocycles. The van der Waals surface area contributed by atoms with Gasteiger partial charge in [0.15, 0.2) is 0 Å². The van der Waals surface area contributed by atoms with E-state index in [9.17, 15) is 0 Å². The fraction of sp³-hybridized carbons (Fsp3) is 0.520. The maximum absolute atomic E-state index is 4.54. The molecule has 0 fully saturated rings. The van der Waals surface area contributed by atoms with Crippen LogP contribution in [0.25, 0.3) is 0 Å². The second-order valence-electron chi connectivity index (χ2n) is 9.33. The van der Waals surface area contributed by atoms with E-state index in [4.69, 9.17) is 0 Å². The fourth-order valence-electron chi connectivity index (χ4n) is 4.04. The maximum atomic E-state index is 4.54. The van der Waals surface area contributed by atoms with Crippen molar-refractivity contribution >= 4 is 11.4 Å². The van der Waals surface area contributed by atoms with Crippen molar-refractivity contribution in [2.75, 3.05) is 16.5 Å². The van der Waals surface area contributed by atoms with Crippen molar-refractivity contribution in [2.45, 2.75) is 79.1 Å². The molecule has 1 aliphatic heterocycles. The summed E-state index contributed by atoms with van der Waals surface area (Å²) in [5, 5.41) is 0. The van der Waals surface area contributed by atoms with E-state index in [0.29, 0.717) is 23.7 Å². The molecular weight excluding hydrogens is 356 g/mol. The summed E-state index contributed by atoms with van der Waals surface area (Å²) >= 11 is 0. The zero-order valence-electron chi connectivity index (χ0n) is 19.3. The highest BCUT2D eigenvalue weighted by atomic mass is 15.3. The molecule has 29 heavy (non-hydrogen) atoms. The minimum absolute atomic E-state index is 0.428. The van der Waals surface area contributed by atoms with E-state index >= 15 is 0 Å². The van der Waals surface area contributed by atoms with Crippen LogP contribution in [-0.4, -0.2) is 16.6 Å². The summed E-state index contributed by atoms with van der Waals surface area (Å²) in [5.74, 6) is 1.71. The van der Waals surface area contributed by atoms with Crippen LogP contribution in [0.2, 0.25) is 0 Å². The Balaban J connectivity index is 2.05. The lowest BCUT2D eigenvalue weighted by molar-refractivity contribution is 0.791. The topological polar surface area (TPSA) is 32.3 Å². The quantitative estimate of drug-likeness (QED) is 0.546. The van der Waals surface area contributed by atoms with Crippen LogP contribution in [0, 0.1) is 0 Å². The first kappa shape index (κ1) is 21.4. The lowest BCUT2D eigenvalue weighted by Gasteiger charge is -2.30. The normalized spacial score (nSPS) is 14.3. The summed E-state index contributed by atoms with van der Waals surface area (Å²) in [7, 11) is 0. The Labute approximate surface area is 176 Å². The molecule has 3 rings (SSSR count). The molecule has 0 saturated heterocycles. The Morgan fingerprint density at radius 1 is 0.552 bits per heavy atom. The van der Waals surface area contributed by atoms with Gasteiger partial charge >= 0.3 is 0 Å². The second-order valence-corrected chi connectivity index (χ2v) is 9.33. The first-order valence-corrected chi connectivity index (χ1v) is 10.9.